The molecule has 0 bridgehead atoms. The van der Waals surface area contributed by atoms with Crippen LogP contribution in [0.2, 0.25) is 0 Å². The van der Waals surface area contributed by atoms with Gasteiger partial charge in [-0.05, 0) is 11.3 Å². The SMILES string of the molecule is O=C1NCC(CO)O1.Oc1cc2ccc1=2. The number of benzene rings is 1. The van der Waals surface area contributed by atoms with E-state index in [-0.39, 0.29) is 12.7 Å². The summed E-state index contributed by atoms with van der Waals surface area (Å²) < 4.78 is 4.51. The molecule has 1 unspecified atom stereocenters. The fraction of sp³-hybridized carbons (Fsp3) is 0.300. The van der Waals surface area contributed by atoms with Crippen LogP contribution in [0.15, 0.2) is 18.2 Å². The summed E-state index contributed by atoms with van der Waals surface area (Å²) >= 11 is 0. The van der Waals surface area contributed by atoms with E-state index in [9.17, 15) is 4.79 Å². The molecule has 0 radical (unpaired) electrons. The number of alkyl carbamates (subject to hydrolysis) is 1. The Morgan fingerprint density at radius 2 is 2.33 bits per heavy atom. The lowest BCUT2D eigenvalue weighted by Gasteiger charge is -2.02. The Morgan fingerprint density at radius 3 is 2.47 bits per heavy atom. The molecule has 0 aromatic carbocycles. The molecule has 80 valence electrons. The van der Waals surface area contributed by atoms with Crippen molar-refractivity contribution in [2.75, 3.05) is 13.2 Å². The van der Waals surface area contributed by atoms with Crippen molar-refractivity contribution >= 4 is 6.09 Å². The summed E-state index contributed by atoms with van der Waals surface area (Å²) in [5.74, 6) is 0.442. The first-order chi connectivity index (χ1) is 7.20. The van der Waals surface area contributed by atoms with Gasteiger partial charge in [0.2, 0.25) is 0 Å². The van der Waals surface area contributed by atoms with Crippen LogP contribution in [0, 0.1) is 10.4 Å². The van der Waals surface area contributed by atoms with Gasteiger partial charge < -0.3 is 20.3 Å². The number of carbonyl (C=O) groups is 1. The van der Waals surface area contributed by atoms with Crippen molar-refractivity contribution in [2.45, 2.75) is 6.10 Å². The van der Waals surface area contributed by atoms with Gasteiger partial charge in [-0.3, -0.25) is 0 Å². The highest BCUT2D eigenvalue weighted by atomic mass is 16.6. The molecule has 5 heteroatoms. The number of aromatic hydroxyl groups is 1. The third kappa shape index (κ3) is 1.87. The number of amides is 1. The summed E-state index contributed by atoms with van der Waals surface area (Å²) in [6.07, 6.45) is -0.772. The second-order valence-corrected chi connectivity index (χ2v) is 3.32. The fourth-order valence-corrected chi connectivity index (χ4v) is 1.30. The lowest BCUT2D eigenvalue weighted by atomic mass is 10.1. The van der Waals surface area contributed by atoms with Gasteiger partial charge in [-0.25, -0.2) is 4.79 Å². The topological polar surface area (TPSA) is 78.8 Å². The molecular formula is C10H11NO4. The molecule has 1 atom stereocenters. The molecule has 5 nitrogen and oxygen atoms in total. The van der Waals surface area contributed by atoms with E-state index in [0.717, 1.165) is 5.22 Å². The first kappa shape index (κ1) is 9.79. The summed E-state index contributed by atoms with van der Waals surface area (Å²) in [5, 5.41) is 21.7. The van der Waals surface area contributed by atoms with E-state index >= 15 is 0 Å². The van der Waals surface area contributed by atoms with Crippen molar-refractivity contribution in [1.82, 2.24) is 5.32 Å². The molecule has 3 rings (SSSR count). The first-order valence-electron chi connectivity index (χ1n) is 4.59. The van der Waals surface area contributed by atoms with Gasteiger partial charge in [0.15, 0.2) is 0 Å². The number of cyclic esters (lactones) is 1. The number of aliphatic hydroxyl groups excluding tert-OH is 1. The van der Waals surface area contributed by atoms with E-state index in [1.165, 1.54) is 5.22 Å². The van der Waals surface area contributed by atoms with E-state index in [4.69, 9.17) is 10.2 Å². The molecule has 1 fully saturated rings. The van der Waals surface area contributed by atoms with Crippen molar-refractivity contribution in [2.24, 2.45) is 0 Å². The van der Waals surface area contributed by atoms with Crippen LogP contribution in [0.3, 0.4) is 0 Å². The smallest absolute Gasteiger partial charge is 0.407 e. The van der Waals surface area contributed by atoms with Gasteiger partial charge in [-0.1, -0.05) is 12.1 Å². The van der Waals surface area contributed by atoms with Crippen LogP contribution in [0.4, 0.5) is 4.79 Å². The van der Waals surface area contributed by atoms with Gasteiger partial charge in [0.05, 0.1) is 13.2 Å². The maximum atomic E-state index is 10.2. The van der Waals surface area contributed by atoms with Gasteiger partial charge in [0.1, 0.15) is 11.9 Å². The van der Waals surface area contributed by atoms with Crippen molar-refractivity contribution in [1.29, 1.82) is 0 Å². The second-order valence-electron chi connectivity index (χ2n) is 3.32. The Morgan fingerprint density at radius 1 is 1.53 bits per heavy atom. The highest BCUT2D eigenvalue weighted by Gasteiger charge is 2.20. The Labute approximate surface area is 85.6 Å². The van der Waals surface area contributed by atoms with Gasteiger partial charge in [0.25, 0.3) is 0 Å². The van der Waals surface area contributed by atoms with Crippen LogP contribution in [-0.2, 0) is 4.74 Å². The largest absolute Gasteiger partial charge is 0.507 e. The number of aliphatic hydroxyl groups is 1. The number of carbonyl (C=O) groups excluding carboxylic acids is 1. The van der Waals surface area contributed by atoms with Gasteiger partial charge in [0, 0.05) is 5.22 Å². The van der Waals surface area contributed by atoms with Gasteiger partial charge in [-0.15, -0.1) is 0 Å². The Hall–Kier alpha value is -1.75. The van der Waals surface area contributed by atoms with Crippen LogP contribution in [0.5, 0.6) is 5.75 Å². The quantitative estimate of drug-likeness (QED) is 0.621. The molecule has 3 aliphatic rings. The maximum Gasteiger partial charge on any atom is 0.407 e. The number of phenolic OH excluding ortho intramolecular Hbond substituents is 1. The molecule has 1 aliphatic heterocycles. The molecule has 15 heavy (non-hydrogen) atoms. The van der Waals surface area contributed by atoms with Crippen molar-refractivity contribution < 1.29 is 19.7 Å². The first-order valence-corrected chi connectivity index (χ1v) is 4.59. The van der Waals surface area contributed by atoms with Gasteiger partial charge in [-0.2, -0.15) is 0 Å². The summed E-state index contributed by atoms with van der Waals surface area (Å²) in [6.45, 7) is 0.327. The lowest BCUT2D eigenvalue weighted by molar-refractivity contribution is 0.0961. The average Bonchev–Trinajstić information content (AvgIpc) is 2.61. The Bertz CT molecular complexity index is 471. The average molecular weight is 209 g/mol. The number of ether oxygens (including phenoxy) is 1. The summed E-state index contributed by atoms with van der Waals surface area (Å²) in [4.78, 5) is 10.2. The number of phenols is 1. The number of hydrogen-bond acceptors (Lipinski definition) is 4. The lowest BCUT2D eigenvalue weighted by Crippen LogP contribution is -2.17. The highest BCUT2D eigenvalue weighted by molar-refractivity contribution is 5.69. The molecule has 0 aromatic rings. The van der Waals surface area contributed by atoms with E-state index in [1.807, 2.05) is 12.1 Å². The minimum absolute atomic E-state index is 0.0985. The molecule has 2 aliphatic carbocycles. The summed E-state index contributed by atoms with van der Waals surface area (Å²) in [5.41, 5.74) is 0. The zero-order chi connectivity index (χ0) is 10.8. The van der Waals surface area contributed by atoms with Crippen LogP contribution in [0.1, 0.15) is 0 Å². The minimum Gasteiger partial charge on any atom is -0.507 e. The van der Waals surface area contributed by atoms with Crippen molar-refractivity contribution in [3.8, 4) is 5.75 Å². The second kappa shape index (κ2) is 3.78. The minimum atomic E-state index is -0.441. The molecule has 1 amide bonds. The standard InChI is InChI=1S/C6H4O.C4H7NO3/c7-6-3-4-1-2-5(4)6;6-2-3-1-5-4(7)8-3/h1-3,7H;3,6H,1-2H2,(H,5,7). The van der Waals surface area contributed by atoms with E-state index < -0.39 is 6.09 Å². The van der Waals surface area contributed by atoms with Crippen LogP contribution >= 0.6 is 0 Å². The van der Waals surface area contributed by atoms with Crippen molar-refractivity contribution in [3.05, 3.63) is 28.6 Å². The molecular weight excluding hydrogens is 198 g/mol. The van der Waals surface area contributed by atoms with Crippen LogP contribution in [-0.4, -0.2) is 35.6 Å². The predicted octanol–water partition coefficient (Wildman–Crippen LogP) is 0.0797. The molecule has 1 heterocycles. The maximum absolute atomic E-state index is 10.2. The molecule has 0 spiro atoms. The molecule has 0 aromatic heterocycles. The fourth-order valence-electron chi connectivity index (χ4n) is 1.30. The summed E-state index contributed by atoms with van der Waals surface area (Å²) in [6, 6.07) is 5.65. The summed E-state index contributed by atoms with van der Waals surface area (Å²) in [7, 11) is 0. The zero-order valence-electron chi connectivity index (χ0n) is 7.93. The normalized spacial score (nSPS) is 19.8. The Kier molecular flexibility index (Phi) is 2.47. The number of nitrogens with one attached hydrogen (secondary N) is 1. The van der Waals surface area contributed by atoms with Gasteiger partial charge >= 0.3 is 6.09 Å². The number of hydrogen-bond donors (Lipinski definition) is 3. The zero-order valence-corrected chi connectivity index (χ0v) is 7.93. The van der Waals surface area contributed by atoms with E-state index in [1.54, 1.807) is 6.07 Å². The number of rotatable bonds is 1. The predicted molar refractivity (Wildman–Crippen MR) is 51.1 cm³/mol. The van der Waals surface area contributed by atoms with Crippen LogP contribution in [0.25, 0.3) is 0 Å². The van der Waals surface area contributed by atoms with Crippen LogP contribution < -0.4 is 5.32 Å². The van der Waals surface area contributed by atoms with E-state index in [0.29, 0.717) is 12.3 Å². The molecule has 3 N–H and O–H groups in total. The third-order valence-electron chi connectivity index (χ3n) is 2.26. The Balaban J connectivity index is 0.000000114. The monoisotopic (exact) mass is 209 g/mol. The van der Waals surface area contributed by atoms with E-state index in [2.05, 4.69) is 10.1 Å². The molecule has 0 saturated carbocycles. The third-order valence-corrected chi connectivity index (χ3v) is 2.26. The highest BCUT2D eigenvalue weighted by Crippen LogP contribution is 2.21. The van der Waals surface area contributed by atoms with Crippen molar-refractivity contribution in [3.63, 3.8) is 0 Å². The molecule has 1 saturated heterocycles.